The summed E-state index contributed by atoms with van der Waals surface area (Å²) in [7, 11) is 0. The lowest BCUT2D eigenvalue weighted by atomic mass is 10.3. The number of hydrogen-bond acceptors (Lipinski definition) is 3. The molecule has 0 spiro atoms. The van der Waals surface area contributed by atoms with E-state index in [0.717, 1.165) is 6.29 Å². The minimum absolute atomic E-state index is 0.587. The van der Waals surface area contributed by atoms with Crippen LogP contribution in [-0.2, 0) is 4.79 Å². The topological polar surface area (TPSA) is 60.2 Å². The van der Waals surface area contributed by atoms with Gasteiger partial charge in [0.05, 0.1) is 4.88 Å². The standard InChI is InChI=1S/C8H5NO2S/c9-8(11)2-1-6-3-7(4-10)12-5-6/h3-5H,(H2,9,11). The van der Waals surface area contributed by atoms with Gasteiger partial charge in [0, 0.05) is 16.9 Å². The maximum atomic E-state index is 10.2. The largest absolute Gasteiger partial charge is 0.359 e. The Morgan fingerprint density at radius 2 is 2.42 bits per heavy atom. The van der Waals surface area contributed by atoms with Gasteiger partial charge in [0.25, 0.3) is 5.91 Å². The molecule has 0 saturated heterocycles. The zero-order valence-corrected chi connectivity index (χ0v) is 6.85. The molecule has 1 amide bonds. The highest BCUT2D eigenvalue weighted by atomic mass is 32.1. The number of rotatable bonds is 1. The van der Waals surface area contributed by atoms with Crippen LogP contribution < -0.4 is 5.73 Å². The van der Waals surface area contributed by atoms with Gasteiger partial charge < -0.3 is 5.73 Å². The first-order chi connectivity index (χ1) is 5.72. The van der Waals surface area contributed by atoms with E-state index >= 15 is 0 Å². The molecule has 1 aromatic heterocycles. The second kappa shape index (κ2) is 3.69. The second-order valence-electron chi connectivity index (χ2n) is 1.97. The van der Waals surface area contributed by atoms with Crippen molar-refractivity contribution in [3.8, 4) is 11.8 Å². The molecule has 2 N–H and O–H groups in total. The van der Waals surface area contributed by atoms with Gasteiger partial charge >= 0.3 is 0 Å². The van der Waals surface area contributed by atoms with Crippen LogP contribution in [0.25, 0.3) is 0 Å². The van der Waals surface area contributed by atoms with Crippen LogP contribution in [0.2, 0.25) is 0 Å². The molecule has 12 heavy (non-hydrogen) atoms. The number of nitrogens with two attached hydrogens (primary N) is 1. The van der Waals surface area contributed by atoms with Crippen molar-refractivity contribution in [2.75, 3.05) is 0 Å². The fourth-order valence-electron chi connectivity index (χ4n) is 0.614. The molecule has 0 saturated carbocycles. The summed E-state index contributed by atoms with van der Waals surface area (Å²) in [5.74, 6) is 4.03. The molecule has 0 radical (unpaired) electrons. The van der Waals surface area contributed by atoms with Gasteiger partial charge in [-0.05, 0) is 6.07 Å². The summed E-state index contributed by atoms with van der Waals surface area (Å²) in [5.41, 5.74) is 5.44. The molecule has 3 nitrogen and oxygen atoms in total. The summed E-state index contributed by atoms with van der Waals surface area (Å²) >= 11 is 1.28. The number of aldehydes is 1. The Morgan fingerprint density at radius 1 is 1.67 bits per heavy atom. The summed E-state index contributed by atoms with van der Waals surface area (Å²) in [6, 6.07) is 1.60. The molecule has 0 bridgehead atoms. The lowest BCUT2D eigenvalue weighted by Crippen LogP contribution is -2.05. The lowest BCUT2D eigenvalue weighted by molar-refractivity contribution is -0.112. The van der Waals surface area contributed by atoms with Crippen LogP contribution in [-0.4, -0.2) is 12.2 Å². The van der Waals surface area contributed by atoms with Crippen LogP contribution in [0.1, 0.15) is 15.2 Å². The molecule has 4 heteroatoms. The molecule has 1 aromatic rings. The smallest absolute Gasteiger partial charge is 0.293 e. The summed E-state index contributed by atoms with van der Waals surface area (Å²) < 4.78 is 0. The monoisotopic (exact) mass is 179 g/mol. The van der Waals surface area contributed by atoms with Crippen LogP contribution in [0.15, 0.2) is 11.4 Å². The molecule has 0 unspecified atom stereocenters. The van der Waals surface area contributed by atoms with Crippen LogP contribution in [0.3, 0.4) is 0 Å². The Kier molecular flexibility index (Phi) is 2.62. The van der Waals surface area contributed by atoms with E-state index in [1.807, 2.05) is 0 Å². The molecular weight excluding hydrogens is 174 g/mol. The molecule has 0 aliphatic heterocycles. The second-order valence-corrected chi connectivity index (χ2v) is 2.91. The van der Waals surface area contributed by atoms with Crippen molar-refractivity contribution in [1.29, 1.82) is 0 Å². The van der Waals surface area contributed by atoms with Gasteiger partial charge in [0.2, 0.25) is 0 Å². The average molecular weight is 179 g/mol. The zero-order valence-electron chi connectivity index (χ0n) is 6.03. The first kappa shape index (κ1) is 8.50. The maximum Gasteiger partial charge on any atom is 0.293 e. The van der Waals surface area contributed by atoms with E-state index in [9.17, 15) is 9.59 Å². The predicted molar refractivity (Wildman–Crippen MR) is 45.8 cm³/mol. The maximum absolute atomic E-state index is 10.2. The quantitative estimate of drug-likeness (QED) is 0.501. The molecule has 1 heterocycles. The average Bonchev–Trinajstić information content (AvgIpc) is 2.48. The number of carbonyl (C=O) groups is 2. The fourth-order valence-corrected chi connectivity index (χ4v) is 1.25. The highest BCUT2D eigenvalue weighted by Crippen LogP contribution is 2.10. The van der Waals surface area contributed by atoms with Gasteiger partial charge in [-0.2, -0.15) is 0 Å². The lowest BCUT2D eigenvalue weighted by Gasteiger charge is -1.74. The highest BCUT2D eigenvalue weighted by molar-refractivity contribution is 7.11. The minimum Gasteiger partial charge on any atom is -0.359 e. The summed E-state index contributed by atoms with van der Waals surface area (Å²) in [5, 5.41) is 1.69. The van der Waals surface area contributed by atoms with Gasteiger partial charge in [0.15, 0.2) is 6.29 Å². The van der Waals surface area contributed by atoms with E-state index in [4.69, 9.17) is 5.73 Å². The number of thiophene rings is 1. The van der Waals surface area contributed by atoms with E-state index in [2.05, 4.69) is 11.8 Å². The number of hydrogen-bond donors (Lipinski definition) is 1. The number of amides is 1. The van der Waals surface area contributed by atoms with Crippen molar-refractivity contribution in [1.82, 2.24) is 0 Å². The van der Waals surface area contributed by atoms with E-state index in [1.54, 1.807) is 11.4 Å². The molecule has 60 valence electrons. The normalized spacial score (nSPS) is 8.33. The number of primary amides is 1. The molecular formula is C8H5NO2S. The third-order valence-electron chi connectivity index (χ3n) is 1.07. The molecule has 0 aromatic carbocycles. The van der Waals surface area contributed by atoms with E-state index in [1.165, 1.54) is 11.3 Å². The van der Waals surface area contributed by atoms with Crippen LogP contribution in [0, 0.1) is 11.8 Å². The molecule has 0 fully saturated rings. The third kappa shape index (κ3) is 2.22. The Labute approximate surface area is 73.2 Å². The predicted octanol–water partition coefficient (Wildman–Crippen LogP) is 0.397. The van der Waals surface area contributed by atoms with Crippen LogP contribution in [0.4, 0.5) is 0 Å². The third-order valence-corrected chi connectivity index (χ3v) is 1.92. The van der Waals surface area contributed by atoms with Crippen molar-refractivity contribution in [2.24, 2.45) is 5.73 Å². The summed E-state index contributed by atoms with van der Waals surface area (Å²) in [4.78, 5) is 21.0. The zero-order chi connectivity index (χ0) is 8.97. The first-order valence-corrected chi connectivity index (χ1v) is 3.95. The van der Waals surface area contributed by atoms with Crippen molar-refractivity contribution in [3.05, 3.63) is 21.9 Å². The Balaban J connectivity index is 2.85. The van der Waals surface area contributed by atoms with E-state index in [-0.39, 0.29) is 0 Å². The van der Waals surface area contributed by atoms with Crippen molar-refractivity contribution in [3.63, 3.8) is 0 Å². The molecule has 0 aliphatic carbocycles. The number of carbonyl (C=O) groups excluding carboxylic acids is 2. The van der Waals surface area contributed by atoms with E-state index in [0.29, 0.717) is 10.4 Å². The van der Waals surface area contributed by atoms with Crippen LogP contribution >= 0.6 is 11.3 Å². The van der Waals surface area contributed by atoms with Gasteiger partial charge in [0.1, 0.15) is 0 Å². The fraction of sp³-hybridized carbons (Fsp3) is 0. The van der Waals surface area contributed by atoms with Crippen molar-refractivity contribution >= 4 is 23.5 Å². The first-order valence-electron chi connectivity index (χ1n) is 3.07. The Morgan fingerprint density at radius 3 is 2.92 bits per heavy atom. The van der Waals surface area contributed by atoms with Crippen molar-refractivity contribution < 1.29 is 9.59 Å². The summed E-state index contributed by atoms with van der Waals surface area (Å²) in [6.45, 7) is 0. The van der Waals surface area contributed by atoms with E-state index < -0.39 is 5.91 Å². The highest BCUT2D eigenvalue weighted by Gasteiger charge is 1.94. The van der Waals surface area contributed by atoms with Gasteiger partial charge in [-0.3, -0.25) is 9.59 Å². The molecule has 0 atom stereocenters. The Hall–Kier alpha value is -1.60. The van der Waals surface area contributed by atoms with Crippen molar-refractivity contribution in [2.45, 2.75) is 0 Å². The molecule has 1 rings (SSSR count). The molecule has 0 aliphatic rings. The summed E-state index contributed by atoms with van der Waals surface area (Å²) in [6.07, 6.45) is 0.736. The van der Waals surface area contributed by atoms with Gasteiger partial charge in [-0.25, -0.2) is 0 Å². The minimum atomic E-state index is -0.672. The van der Waals surface area contributed by atoms with Gasteiger partial charge in [-0.15, -0.1) is 11.3 Å². The Bertz CT molecular complexity index is 370. The van der Waals surface area contributed by atoms with Gasteiger partial charge in [-0.1, -0.05) is 5.92 Å². The SMILES string of the molecule is NC(=O)C#Cc1csc(C=O)c1. The van der Waals surface area contributed by atoms with Crippen LogP contribution in [0.5, 0.6) is 0 Å².